The minimum Gasteiger partial charge on any atom is -0.449 e. The van der Waals surface area contributed by atoms with Crippen molar-refractivity contribution in [3.8, 4) is 0 Å². The zero-order valence-electron chi connectivity index (χ0n) is 19.5. The Bertz CT molecular complexity index is 1630. The Morgan fingerprint density at radius 1 is 0.703 bits per heavy atom. The molecule has 37 heavy (non-hydrogen) atoms. The molecule has 0 bridgehead atoms. The molecule has 5 aromatic rings. The molecule has 2 aliphatic heterocycles. The highest BCUT2D eigenvalue weighted by molar-refractivity contribution is 6.09. The second-order valence-electron chi connectivity index (χ2n) is 8.83. The Labute approximate surface area is 209 Å². The van der Waals surface area contributed by atoms with Crippen LogP contribution in [0.2, 0.25) is 0 Å². The largest absolute Gasteiger partial charge is 0.449 e. The molecule has 0 amide bonds. The first-order valence-corrected chi connectivity index (χ1v) is 11.8. The van der Waals surface area contributed by atoms with E-state index in [-0.39, 0.29) is 23.2 Å². The quantitative estimate of drug-likeness (QED) is 0.348. The summed E-state index contributed by atoms with van der Waals surface area (Å²) in [6.45, 7) is 3.14. The predicted octanol–water partition coefficient (Wildman–Crippen LogP) is 3.19. The van der Waals surface area contributed by atoms with Gasteiger partial charge in [-0.25, -0.2) is 9.97 Å². The van der Waals surface area contributed by atoms with Gasteiger partial charge in [-0.15, -0.1) is 0 Å². The van der Waals surface area contributed by atoms with Gasteiger partial charge in [0.05, 0.1) is 47.8 Å². The van der Waals surface area contributed by atoms with Crippen molar-refractivity contribution >= 4 is 57.7 Å². The maximum Gasteiger partial charge on any atom is 0.263 e. The highest BCUT2D eigenvalue weighted by Crippen LogP contribution is 2.24. The van der Waals surface area contributed by atoms with Crippen molar-refractivity contribution in [2.45, 2.75) is 0 Å². The highest BCUT2D eigenvalue weighted by Gasteiger charge is 2.23. The lowest BCUT2D eigenvalue weighted by Crippen LogP contribution is -2.17. The molecule has 182 valence electrons. The zero-order valence-corrected chi connectivity index (χ0v) is 19.5. The number of furan rings is 1. The first-order chi connectivity index (χ1) is 18.1. The van der Waals surface area contributed by atoms with E-state index in [4.69, 9.17) is 4.42 Å². The second kappa shape index (κ2) is 8.26. The summed E-state index contributed by atoms with van der Waals surface area (Å²) in [5, 5.41) is 0. The van der Waals surface area contributed by atoms with Crippen molar-refractivity contribution < 1.29 is 14.0 Å². The van der Waals surface area contributed by atoms with E-state index in [0.29, 0.717) is 11.0 Å². The number of carbonyl (C=O) groups is 2. The van der Waals surface area contributed by atoms with Gasteiger partial charge in [0.1, 0.15) is 0 Å². The number of nitrogens with zero attached hydrogens (tertiary/aromatic N) is 6. The normalized spacial score (nSPS) is 15.0. The molecular formula is C26H20N8O3. The zero-order chi connectivity index (χ0) is 24.9. The molecule has 3 aromatic heterocycles. The lowest BCUT2D eigenvalue weighted by molar-refractivity contribution is 0.0977. The number of aromatic amines is 2. The fraction of sp³-hybridized carbons (Fsp3) is 0.154. The molecule has 0 radical (unpaired) electrons. The van der Waals surface area contributed by atoms with Gasteiger partial charge in [-0.3, -0.25) is 19.6 Å². The SMILES string of the molecule is O=C(c1nc2ccc(N3C=NCC3)cc2[nH]1)c1ccc(C(=O)c2nc3ccc(N4C=NCC4)cc3[nH]2)o1. The number of benzene rings is 2. The van der Waals surface area contributed by atoms with Gasteiger partial charge in [0.15, 0.2) is 23.2 Å². The van der Waals surface area contributed by atoms with Crippen LogP contribution in [0.5, 0.6) is 0 Å². The van der Waals surface area contributed by atoms with Crippen molar-refractivity contribution in [2.24, 2.45) is 9.98 Å². The van der Waals surface area contributed by atoms with Crippen LogP contribution >= 0.6 is 0 Å². The topological polar surface area (TPSA) is 136 Å². The maximum absolute atomic E-state index is 13.1. The molecule has 11 nitrogen and oxygen atoms in total. The van der Waals surface area contributed by atoms with Crippen molar-refractivity contribution in [1.82, 2.24) is 19.9 Å². The molecule has 0 fully saturated rings. The number of nitrogens with one attached hydrogen (secondary N) is 2. The maximum atomic E-state index is 13.1. The first kappa shape index (κ1) is 21.2. The average molecular weight is 492 g/mol. The van der Waals surface area contributed by atoms with Crippen LogP contribution in [-0.2, 0) is 0 Å². The van der Waals surface area contributed by atoms with Crippen molar-refractivity contribution in [3.05, 3.63) is 71.7 Å². The number of hydrogen-bond donors (Lipinski definition) is 2. The van der Waals surface area contributed by atoms with Crippen LogP contribution in [0.15, 0.2) is 62.9 Å². The smallest absolute Gasteiger partial charge is 0.263 e. The molecule has 0 saturated heterocycles. The van der Waals surface area contributed by atoms with Gasteiger partial charge in [0.2, 0.25) is 0 Å². The number of ketones is 2. The van der Waals surface area contributed by atoms with E-state index in [1.807, 2.05) is 46.2 Å². The third-order valence-corrected chi connectivity index (χ3v) is 6.46. The third kappa shape index (κ3) is 3.68. The van der Waals surface area contributed by atoms with E-state index >= 15 is 0 Å². The van der Waals surface area contributed by atoms with Crippen molar-refractivity contribution in [1.29, 1.82) is 0 Å². The van der Waals surface area contributed by atoms with Crippen LogP contribution in [-0.4, -0.2) is 70.4 Å². The van der Waals surface area contributed by atoms with E-state index in [2.05, 4.69) is 29.9 Å². The number of carbonyl (C=O) groups excluding carboxylic acids is 2. The minimum atomic E-state index is -0.443. The summed E-state index contributed by atoms with van der Waals surface area (Å²) in [6, 6.07) is 14.4. The summed E-state index contributed by atoms with van der Waals surface area (Å²) in [5.41, 5.74) is 4.71. The lowest BCUT2D eigenvalue weighted by atomic mass is 10.2. The number of fused-ring (bicyclic) bond motifs is 2. The summed E-state index contributed by atoms with van der Waals surface area (Å²) in [5.74, 6) is -0.584. The van der Waals surface area contributed by atoms with Crippen molar-refractivity contribution in [3.63, 3.8) is 0 Å². The molecule has 7 rings (SSSR count). The second-order valence-corrected chi connectivity index (χ2v) is 8.83. The first-order valence-electron chi connectivity index (χ1n) is 11.8. The molecule has 0 spiro atoms. The average Bonchev–Trinajstić information content (AvgIpc) is 3.75. The Morgan fingerprint density at radius 3 is 1.62 bits per heavy atom. The molecule has 2 aromatic carbocycles. The molecule has 0 unspecified atom stereocenters. The summed E-state index contributed by atoms with van der Waals surface area (Å²) >= 11 is 0. The van der Waals surface area contributed by atoms with Crippen LogP contribution in [0.25, 0.3) is 22.1 Å². The van der Waals surface area contributed by atoms with Crippen LogP contribution in [0.1, 0.15) is 32.8 Å². The fourth-order valence-corrected chi connectivity index (χ4v) is 4.53. The van der Waals surface area contributed by atoms with Gasteiger partial charge < -0.3 is 24.2 Å². The Kier molecular flexibility index (Phi) is 4.74. The predicted molar refractivity (Wildman–Crippen MR) is 139 cm³/mol. The van der Waals surface area contributed by atoms with Crippen molar-refractivity contribution in [2.75, 3.05) is 36.0 Å². The standard InChI is InChI=1S/C26H20N8O3/c35-23(25-29-17-3-1-15(11-19(17)31-25)33-9-7-27-13-33)21-5-6-22(37-21)24(36)26-30-18-4-2-16(12-20(18)32-26)34-10-8-28-14-34/h1-6,11-14H,7-10H2,(H,29,31)(H,30,32). The van der Waals surface area contributed by atoms with Gasteiger partial charge in [-0.05, 0) is 48.5 Å². The lowest BCUT2D eigenvalue weighted by Gasteiger charge is -2.13. The summed E-state index contributed by atoms with van der Waals surface area (Å²) in [6.07, 6.45) is 3.60. The van der Waals surface area contributed by atoms with E-state index in [0.717, 1.165) is 48.6 Å². The van der Waals surface area contributed by atoms with E-state index in [1.54, 1.807) is 12.7 Å². The minimum absolute atomic E-state index is 0.0148. The van der Waals surface area contributed by atoms with Crippen LogP contribution in [0.3, 0.4) is 0 Å². The summed E-state index contributed by atoms with van der Waals surface area (Å²) in [4.78, 5) is 53.6. The van der Waals surface area contributed by atoms with Gasteiger partial charge in [0, 0.05) is 24.5 Å². The Hall–Kier alpha value is -5.06. The van der Waals surface area contributed by atoms with Gasteiger partial charge in [-0.1, -0.05) is 0 Å². The number of aromatic nitrogens is 4. The number of H-pyrrole nitrogens is 2. The molecule has 5 heterocycles. The van der Waals surface area contributed by atoms with Gasteiger partial charge in [0.25, 0.3) is 11.6 Å². The molecule has 2 N–H and O–H groups in total. The molecule has 0 aliphatic carbocycles. The van der Waals surface area contributed by atoms with Gasteiger partial charge in [-0.2, -0.15) is 0 Å². The van der Waals surface area contributed by atoms with E-state index < -0.39 is 11.6 Å². The molecule has 0 saturated carbocycles. The highest BCUT2D eigenvalue weighted by atomic mass is 16.4. The van der Waals surface area contributed by atoms with Crippen LogP contribution in [0.4, 0.5) is 11.4 Å². The molecule has 11 heteroatoms. The Morgan fingerprint density at radius 2 is 1.19 bits per heavy atom. The molecule has 2 aliphatic rings. The summed E-state index contributed by atoms with van der Waals surface area (Å²) in [7, 11) is 0. The van der Waals surface area contributed by atoms with Crippen LogP contribution < -0.4 is 9.80 Å². The third-order valence-electron chi connectivity index (χ3n) is 6.46. The Balaban J connectivity index is 1.13. The number of anilines is 2. The number of imidazole rings is 2. The summed E-state index contributed by atoms with van der Waals surface area (Å²) < 4.78 is 5.65. The van der Waals surface area contributed by atoms with Crippen LogP contribution in [0, 0.1) is 0 Å². The van der Waals surface area contributed by atoms with E-state index in [9.17, 15) is 9.59 Å². The van der Waals surface area contributed by atoms with Gasteiger partial charge >= 0.3 is 0 Å². The number of aliphatic imine (C=N–C) groups is 2. The number of hydrogen-bond acceptors (Lipinski definition) is 9. The fourth-order valence-electron chi connectivity index (χ4n) is 4.53. The molecule has 0 atom stereocenters. The van der Waals surface area contributed by atoms with E-state index in [1.165, 1.54) is 12.1 Å². The monoisotopic (exact) mass is 492 g/mol. The molecular weight excluding hydrogens is 472 g/mol. The number of rotatable bonds is 6.